The first-order valence-corrected chi connectivity index (χ1v) is 12.0. The normalized spacial score (nSPS) is 12.1. The molecule has 0 aliphatic heterocycles. The van der Waals surface area contributed by atoms with Gasteiger partial charge in [0.25, 0.3) is 0 Å². The van der Waals surface area contributed by atoms with Crippen molar-refractivity contribution in [2.24, 2.45) is 0 Å². The Morgan fingerprint density at radius 1 is 0.975 bits per heavy atom. The molecule has 5 N–H and O–H groups in total. The van der Waals surface area contributed by atoms with Gasteiger partial charge in [0, 0.05) is 29.1 Å². The number of carbonyl (C=O) groups is 1. The number of aromatic nitrogens is 2. The van der Waals surface area contributed by atoms with Gasteiger partial charge in [0.2, 0.25) is 11.8 Å². The molecule has 0 spiro atoms. The van der Waals surface area contributed by atoms with Crippen molar-refractivity contribution in [2.45, 2.75) is 19.2 Å². The van der Waals surface area contributed by atoms with Gasteiger partial charge in [-0.3, -0.25) is 0 Å². The number of nitrogens with zero attached hydrogens (tertiary/aromatic N) is 2. The van der Waals surface area contributed by atoms with E-state index >= 15 is 0 Å². The van der Waals surface area contributed by atoms with E-state index in [0.29, 0.717) is 27.9 Å². The Balaban J connectivity index is 1.57. The first-order valence-electron chi connectivity index (χ1n) is 12.0. The van der Waals surface area contributed by atoms with Gasteiger partial charge in [0.15, 0.2) is 0 Å². The molecule has 0 saturated heterocycles. The molecule has 2 amide bonds. The van der Waals surface area contributed by atoms with Gasteiger partial charge in [0.1, 0.15) is 11.5 Å². The summed E-state index contributed by atoms with van der Waals surface area (Å²) in [5, 5.41) is 27.7. The van der Waals surface area contributed by atoms with E-state index in [9.17, 15) is 23.1 Å². The van der Waals surface area contributed by atoms with Crippen molar-refractivity contribution >= 4 is 34.1 Å². The first-order chi connectivity index (χ1) is 19.1. The molecule has 13 heteroatoms. The third-order valence-corrected chi connectivity index (χ3v) is 5.66. The highest BCUT2D eigenvalue weighted by molar-refractivity contribution is 6.08. The second-order valence-corrected chi connectivity index (χ2v) is 8.64. The Morgan fingerprint density at radius 2 is 1.68 bits per heavy atom. The van der Waals surface area contributed by atoms with Crippen LogP contribution in [0.2, 0.25) is 0 Å². The van der Waals surface area contributed by atoms with Crippen LogP contribution < -0.4 is 25.4 Å². The maximum absolute atomic E-state index is 13.2. The minimum atomic E-state index is -4.59. The molecule has 0 aliphatic rings. The van der Waals surface area contributed by atoms with E-state index in [1.165, 1.54) is 7.11 Å². The molecule has 0 fully saturated rings. The maximum atomic E-state index is 13.2. The Bertz CT molecular complexity index is 1520. The van der Waals surface area contributed by atoms with Crippen LogP contribution in [0.15, 0.2) is 60.7 Å². The number of halogens is 3. The monoisotopic (exact) mass is 557 g/mol. The number of methoxy groups -OCH3 is 1. The zero-order valence-electron chi connectivity index (χ0n) is 21.4. The summed E-state index contributed by atoms with van der Waals surface area (Å²) in [6.45, 7) is 1.36. The molecule has 210 valence electrons. The van der Waals surface area contributed by atoms with E-state index in [1.54, 1.807) is 49.4 Å². The van der Waals surface area contributed by atoms with Gasteiger partial charge in [-0.15, -0.1) is 0 Å². The number of anilines is 3. The van der Waals surface area contributed by atoms with Crippen LogP contribution in [0.4, 0.5) is 35.3 Å². The number of aliphatic hydroxyl groups excluding tert-OH is 2. The van der Waals surface area contributed by atoms with Crippen LogP contribution in [0.5, 0.6) is 17.4 Å². The van der Waals surface area contributed by atoms with Gasteiger partial charge in [-0.25, -0.2) is 9.78 Å². The highest BCUT2D eigenvalue weighted by Gasteiger charge is 2.31. The lowest BCUT2D eigenvalue weighted by atomic mass is 10.1. The molecule has 0 radical (unpaired) electrons. The van der Waals surface area contributed by atoms with Gasteiger partial charge >= 0.3 is 12.2 Å². The molecule has 1 atom stereocenters. The molecule has 40 heavy (non-hydrogen) atoms. The lowest BCUT2D eigenvalue weighted by Crippen LogP contribution is -2.23. The van der Waals surface area contributed by atoms with Crippen molar-refractivity contribution < 1.29 is 37.7 Å². The number of urea groups is 1. The summed E-state index contributed by atoms with van der Waals surface area (Å²) in [7, 11) is 1.29. The maximum Gasteiger partial charge on any atom is 0.416 e. The Morgan fingerprint density at radius 3 is 2.38 bits per heavy atom. The minimum absolute atomic E-state index is 0.0388. The summed E-state index contributed by atoms with van der Waals surface area (Å²) in [5.74, 6) is 0.901. The van der Waals surface area contributed by atoms with E-state index in [2.05, 4.69) is 25.9 Å². The number of alkyl halides is 3. The highest BCUT2D eigenvalue weighted by atomic mass is 19.4. The number of rotatable bonds is 9. The summed E-state index contributed by atoms with van der Waals surface area (Å²) < 4.78 is 50.6. The van der Waals surface area contributed by atoms with Crippen LogP contribution in [0.3, 0.4) is 0 Å². The summed E-state index contributed by atoms with van der Waals surface area (Å²) in [6, 6.07) is 13.9. The van der Waals surface area contributed by atoms with Crippen molar-refractivity contribution in [3.63, 3.8) is 0 Å². The topological polar surface area (TPSA) is 138 Å². The zero-order valence-corrected chi connectivity index (χ0v) is 21.4. The van der Waals surface area contributed by atoms with Crippen molar-refractivity contribution in [3.8, 4) is 17.4 Å². The Hall–Kier alpha value is -4.62. The van der Waals surface area contributed by atoms with E-state index < -0.39 is 30.5 Å². The third kappa shape index (κ3) is 6.87. The van der Waals surface area contributed by atoms with Crippen molar-refractivity contribution in [2.75, 3.05) is 36.2 Å². The number of aryl methyl sites for hydroxylation is 1. The number of fused-ring (bicyclic) bond motifs is 1. The number of nitrogens with one attached hydrogen (secondary N) is 3. The molecular weight excluding hydrogens is 531 g/mol. The van der Waals surface area contributed by atoms with Crippen molar-refractivity contribution in [1.82, 2.24) is 9.97 Å². The number of hydrogen-bond donors (Lipinski definition) is 5. The van der Waals surface area contributed by atoms with Crippen LogP contribution >= 0.6 is 0 Å². The number of benzene rings is 3. The second kappa shape index (κ2) is 12.1. The molecule has 1 heterocycles. The lowest BCUT2D eigenvalue weighted by Gasteiger charge is -2.16. The fraction of sp³-hybridized carbons (Fsp3) is 0.222. The van der Waals surface area contributed by atoms with Crippen LogP contribution in [-0.2, 0) is 6.18 Å². The molecule has 0 saturated carbocycles. The van der Waals surface area contributed by atoms with Gasteiger partial charge in [0.05, 0.1) is 36.8 Å². The number of aliphatic hydroxyl groups is 2. The molecule has 3 aromatic carbocycles. The quantitative estimate of drug-likeness (QED) is 0.190. The first kappa shape index (κ1) is 28.4. The molecule has 1 unspecified atom stereocenters. The van der Waals surface area contributed by atoms with Crippen LogP contribution in [0.1, 0.15) is 11.3 Å². The van der Waals surface area contributed by atoms with Gasteiger partial charge in [-0.1, -0.05) is 24.3 Å². The fourth-order valence-corrected chi connectivity index (χ4v) is 3.78. The molecule has 4 rings (SSSR count). The predicted molar refractivity (Wildman–Crippen MR) is 143 cm³/mol. The molecule has 10 nitrogen and oxygen atoms in total. The minimum Gasteiger partial charge on any atom is -0.495 e. The Kier molecular flexibility index (Phi) is 8.55. The third-order valence-electron chi connectivity index (χ3n) is 5.66. The fourth-order valence-electron chi connectivity index (χ4n) is 3.78. The SMILES string of the molecule is COc1ccc(C(F)(F)F)cc1NC(=O)Nc1ccc(Oc2cc(C)nc(NCC(O)CO)n2)c2ccccc12. The van der Waals surface area contributed by atoms with E-state index in [0.717, 1.165) is 18.2 Å². The lowest BCUT2D eigenvalue weighted by molar-refractivity contribution is -0.137. The van der Waals surface area contributed by atoms with Gasteiger partial charge in [-0.05, 0) is 37.3 Å². The van der Waals surface area contributed by atoms with Crippen LogP contribution in [0, 0.1) is 6.92 Å². The van der Waals surface area contributed by atoms with Gasteiger partial charge < -0.3 is 35.6 Å². The predicted octanol–water partition coefficient (Wildman–Crippen LogP) is 5.17. The zero-order chi connectivity index (χ0) is 28.9. The molecule has 0 bridgehead atoms. The molecular formula is C27H26F3N5O5. The molecule has 0 aliphatic carbocycles. The van der Waals surface area contributed by atoms with Gasteiger partial charge in [-0.2, -0.15) is 18.2 Å². The Labute approximate surface area is 226 Å². The van der Waals surface area contributed by atoms with E-state index in [-0.39, 0.29) is 29.8 Å². The van der Waals surface area contributed by atoms with Crippen molar-refractivity contribution in [1.29, 1.82) is 0 Å². The van der Waals surface area contributed by atoms with E-state index in [1.807, 2.05) is 0 Å². The summed E-state index contributed by atoms with van der Waals surface area (Å²) in [6.07, 6.45) is -5.57. The van der Waals surface area contributed by atoms with Crippen LogP contribution in [-0.4, -0.2) is 52.6 Å². The molecule has 4 aromatic rings. The van der Waals surface area contributed by atoms with Crippen LogP contribution in [0.25, 0.3) is 10.8 Å². The summed E-state index contributed by atoms with van der Waals surface area (Å²) >= 11 is 0. The average molecular weight is 558 g/mol. The second-order valence-electron chi connectivity index (χ2n) is 8.64. The summed E-state index contributed by atoms with van der Waals surface area (Å²) in [5.41, 5.74) is -0.103. The van der Waals surface area contributed by atoms with E-state index in [4.69, 9.17) is 14.6 Å². The number of amides is 2. The number of ether oxygens (including phenoxy) is 2. The number of carbonyl (C=O) groups excluding carboxylic acids is 1. The largest absolute Gasteiger partial charge is 0.495 e. The average Bonchev–Trinajstić information content (AvgIpc) is 2.92. The van der Waals surface area contributed by atoms with Crippen molar-refractivity contribution in [3.05, 3.63) is 71.9 Å². The standard InChI is InChI=1S/C27H26F3N5O5/c1-15-11-24(35-25(32-15)31-13-17(37)14-36)40-22-10-8-20(18-5-3-4-6-19(18)22)33-26(38)34-21-12-16(27(28,29)30)7-9-23(21)39-2/h3-12,17,36-37H,13-14H2,1-2H3,(H,31,32,35)(H2,33,34,38). The highest BCUT2D eigenvalue weighted by Crippen LogP contribution is 2.36. The summed E-state index contributed by atoms with van der Waals surface area (Å²) in [4.78, 5) is 21.3. The number of hydrogen-bond acceptors (Lipinski definition) is 8. The smallest absolute Gasteiger partial charge is 0.416 e. The molecule has 1 aromatic heterocycles.